The summed E-state index contributed by atoms with van der Waals surface area (Å²) in [5, 5.41) is 3.65. The van der Waals surface area contributed by atoms with Crippen molar-refractivity contribution < 1.29 is 18.7 Å². The molecule has 0 saturated carbocycles. The topological polar surface area (TPSA) is 77.8 Å². The molecule has 162 valence electrons. The van der Waals surface area contributed by atoms with Gasteiger partial charge in [-0.15, -0.1) is 0 Å². The van der Waals surface area contributed by atoms with E-state index in [-0.39, 0.29) is 23.7 Å². The maximum Gasteiger partial charge on any atom is 0.262 e. The number of fused-ring (bicyclic) bond motifs is 1. The second-order valence-corrected chi connectivity index (χ2v) is 7.79. The third-order valence-corrected chi connectivity index (χ3v) is 4.89. The summed E-state index contributed by atoms with van der Waals surface area (Å²) in [5.41, 5.74) is 2.72. The molecule has 4 rings (SSSR count). The molecule has 6 nitrogen and oxygen atoms in total. The highest BCUT2D eigenvalue weighted by molar-refractivity contribution is 6.30. The predicted molar refractivity (Wildman–Crippen MR) is 124 cm³/mol. The highest BCUT2D eigenvalue weighted by atomic mass is 35.5. The normalized spacial score (nSPS) is 10.7. The Morgan fingerprint density at radius 2 is 1.69 bits per heavy atom. The number of carbonyl (C=O) groups is 1. The summed E-state index contributed by atoms with van der Waals surface area (Å²) in [6.07, 6.45) is 1.28. The molecule has 1 N–H and O–H groups in total. The van der Waals surface area contributed by atoms with E-state index >= 15 is 0 Å². The molecule has 0 fully saturated rings. The lowest BCUT2D eigenvalue weighted by Crippen LogP contribution is -2.20. The fourth-order valence-corrected chi connectivity index (χ4v) is 3.38. The van der Waals surface area contributed by atoms with Gasteiger partial charge in [0, 0.05) is 16.8 Å². The summed E-state index contributed by atoms with van der Waals surface area (Å²) in [4.78, 5) is 24.9. The summed E-state index contributed by atoms with van der Waals surface area (Å²) >= 11 is 5.83. The van der Waals surface area contributed by atoms with Crippen LogP contribution in [0.5, 0.6) is 17.2 Å². The van der Waals surface area contributed by atoms with Gasteiger partial charge >= 0.3 is 0 Å². The zero-order valence-electron chi connectivity index (χ0n) is 17.5. The number of carbonyl (C=O) groups excluding carboxylic acids is 1. The Morgan fingerprint density at radius 3 is 2.41 bits per heavy atom. The Hall–Kier alpha value is -3.77. The van der Waals surface area contributed by atoms with Gasteiger partial charge in [-0.3, -0.25) is 9.59 Å². The number of halogens is 1. The van der Waals surface area contributed by atoms with Crippen molar-refractivity contribution in [1.29, 1.82) is 0 Å². The van der Waals surface area contributed by atoms with Gasteiger partial charge in [-0.2, -0.15) is 0 Å². The van der Waals surface area contributed by atoms with Crippen molar-refractivity contribution >= 4 is 34.2 Å². The molecule has 1 amide bonds. The minimum Gasteiger partial charge on any atom is -0.484 e. The number of anilines is 1. The van der Waals surface area contributed by atoms with Crippen LogP contribution in [0.15, 0.2) is 76.1 Å². The maximum absolute atomic E-state index is 12.8. The van der Waals surface area contributed by atoms with Crippen LogP contribution in [0.3, 0.4) is 0 Å². The average molecular weight is 450 g/mol. The molecular weight excluding hydrogens is 430 g/mol. The van der Waals surface area contributed by atoms with Crippen LogP contribution in [0.2, 0.25) is 5.02 Å². The van der Waals surface area contributed by atoms with Crippen LogP contribution in [0.1, 0.15) is 11.1 Å². The fourth-order valence-electron chi connectivity index (χ4n) is 3.25. The van der Waals surface area contributed by atoms with Crippen LogP contribution in [0.25, 0.3) is 11.0 Å². The number of hydrogen-bond donors (Lipinski definition) is 1. The number of aryl methyl sites for hydroxylation is 2. The van der Waals surface area contributed by atoms with E-state index in [0.29, 0.717) is 33.2 Å². The lowest BCUT2D eigenvalue weighted by Gasteiger charge is -2.09. The molecule has 0 aliphatic rings. The van der Waals surface area contributed by atoms with E-state index in [4.69, 9.17) is 25.5 Å². The predicted octanol–water partition coefficient (Wildman–Crippen LogP) is 5.87. The van der Waals surface area contributed by atoms with Crippen LogP contribution >= 0.6 is 11.6 Å². The molecule has 0 atom stereocenters. The zero-order valence-corrected chi connectivity index (χ0v) is 18.2. The monoisotopic (exact) mass is 449 g/mol. The van der Waals surface area contributed by atoms with Crippen molar-refractivity contribution in [2.75, 3.05) is 11.9 Å². The molecule has 0 saturated heterocycles. The molecule has 3 aromatic carbocycles. The largest absolute Gasteiger partial charge is 0.484 e. The Kier molecular flexibility index (Phi) is 6.14. The van der Waals surface area contributed by atoms with Crippen LogP contribution in [-0.4, -0.2) is 12.5 Å². The Labute approximate surface area is 189 Å². The van der Waals surface area contributed by atoms with Gasteiger partial charge in [0.25, 0.3) is 5.91 Å². The molecule has 0 unspecified atom stereocenters. The lowest BCUT2D eigenvalue weighted by atomic mass is 10.1. The van der Waals surface area contributed by atoms with E-state index in [1.165, 1.54) is 6.26 Å². The number of ether oxygens (including phenoxy) is 2. The van der Waals surface area contributed by atoms with E-state index in [1.807, 2.05) is 32.0 Å². The van der Waals surface area contributed by atoms with Gasteiger partial charge in [-0.25, -0.2) is 0 Å². The fraction of sp³-hybridized carbons (Fsp3) is 0.120. The molecule has 0 aliphatic heterocycles. The lowest BCUT2D eigenvalue weighted by molar-refractivity contribution is -0.118. The molecule has 0 aliphatic carbocycles. The molecule has 0 bridgehead atoms. The Bertz CT molecular complexity index is 1320. The first-order chi connectivity index (χ1) is 15.4. The van der Waals surface area contributed by atoms with Gasteiger partial charge in [0.2, 0.25) is 11.2 Å². The number of nitrogens with one attached hydrogen (secondary N) is 1. The molecule has 4 aromatic rings. The molecule has 0 radical (unpaired) electrons. The first-order valence-electron chi connectivity index (χ1n) is 9.87. The SMILES string of the molecule is Cc1cc(C)cc(Oc2coc3cc(OCC(=O)Nc4ccc(Cl)cc4)ccc3c2=O)c1. The van der Waals surface area contributed by atoms with Gasteiger partial charge in [-0.1, -0.05) is 17.7 Å². The molecule has 0 spiro atoms. The Balaban J connectivity index is 1.46. The van der Waals surface area contributed by atoms with E-state index < -0.39 is 0 Å². The quantitative estimate of drug-likeness (QED) is 0.398. The maximum atomic E-state index is 12.8. The van der Waals surface area contributed by atoms with Crippen molar-refractivity contribution in [2.24, 2.45) is 0 Å². The number of rotatable bonds is 6. The third kappa shape index (κ3) is 5.10. The molecular formula is C25H20ClNO5. The summed E-state index contributed by atoms with van der Waals surface area (Å²) in [5.74, 6) is 0.736. The number of hydrogen-bond acceptors (Lipinski definition) is 5. The highest BCUT2D eigenvalue weighted by Gasteiger charge is 2.12. The third-order valence-electron chi connectivity index (χ3n) is 4.64. The zero-order chi connectivity index (χ0) is 22.7. The standard InChI is InChI=1S/C25H20ClNO5/c1-15-9-16(2)11-20(10-15)32-23-13-31-22-12-19(7-8-21(22)25(23)29)30-14-24(28)27-18-5-3-17(26)4-6-18/h3-13H,14H2,1-2H3,(H,27,28). The first kappa shape index (κ1) is 21.5. The first-order valence-corrected chi connectivity index (χ1v) is 10.2. The van der Waals surface area contributed by atoms with Crippen molar-refractivity contribution in [3.63, 3.8) is 0 Å². The molecule has 1 heterocycles. The van der Waals surface area contributed by atoms with Gasteiger partial charge < -0.3 is 19.2 Å². The van der Waals surface area contributed by atoms with Crippen molar-refractivity contribution in [1.82, 2.24) is 0 Å². The summed E-state index contributed by atoms with van der Waals surface area (Å²) < 4.78 is 16.9. The summed E-state index contributed by atoms with van der Waals surface area (Å²) in [6, 6.07) is 17.2. The van der Waals surface area contributed by atoms with Gasteiger partial charge in [0.1, 0.15) is 23.3 Å². The highest BCUT2D eigenvalue weighted by Crippen LogP contribution is 2.25. The van der Waals surface area contributed by atoms with Crippen LogP contribution in [0.4, 0.5) is 5.69 Å². The average Bonchev–Trinajstić information content (AvgIpc) is 2.75. The van der Waals surface area contributed by atoms with Crippen molar-refractivity contribution in [3.05, 3.63) is 93.3 Å². The minimum atomic E-state index is -0.328. The van der Waals surface area contributed by atoms with Crippen LogP contribution in [0, 0.1) is 13.8 Å². The molecule has 32 heavy (non-hydrogen) atoms. The molecule has 7 heteroatoms. The van der Waals surface area contributed by atoms with Crippen molar-refractivity contribution in [3.8, 4) is 17.2 Å². The number of benzene rings is 3. The van der Waals surface area contributed by atoms with E-state index in [2.05, 4.69) is 5.32 Å². The van der Waals surface area contributed by atoms with Crippen molar-refractivity contribution in [2.45, 2.75) is 13.8 Å². The van der Waals surface area contributed by atoms with Gasteiger partial charge in [0.05, 0.1) is 5.39 Å². The second-order valence-electron chi connectivity index (χ2n) is 7.36. The smallest absolute Gasteiger partial charge is 0.262 e. The van der Waals surface area contributed by atoms with E-state index in [0.717, 1.165) is 11.1 Å². The second kappa shape index (κ2) is 9.16. The summed E-state index contributed by atoms with van der Waals surface area (Å²) in [7, 11) is 0. The van der Waals surface area contributed by atoms with E-state index in [9.17, 15) is 9.59 Å². The van der Waals surface area contributed by atoms with Gasteiger partial charge in [0.15, 0.2) is 6.61 Å². The van der Waals surface area contributed by atoms with Crippen LogP contribution < -0.4 is 20.2 Å². The van der Waals surface area contributed by atoms with E-state index in [1.54, 1.807) is 42.5 Å². The van der Waals surface area contributed by atoms with Gasteiger partial charge in [-0.05, 0) is 73.5 Å². The number of amides is 1. The van der Waals surface area contributed by atoms with Crippen LogP contribution in [-0.2, 0) is 4.79 Å². The minimum absolute atomic E-state index is 0.0958. The Morgan fingerprint density at radius 1 is 0.969 bits per heavy atom. The molecule has 1 aromatic heterocycles. The summed E-state index contributed by atoms with van der Waals surface area (Å²) in [6.45, 7) is 3.71.